The first kappa shape index (κ1) is 21.0. The lowest BCUT2D eigenvalue weighted by molar-refractivity contribution is -0.348. The summed E-state index contributed by atoms with van der Waals surface area (Å²) in [6.07, 6.45) is -2.99. The third-order valence-electron chi connectivity index (χ3n) is 6.25. The highest BCUT2D eigenvalue weighted by Crippen LogP contribution is 2.43. The summed E-state index contributed by atoms with van der Waals surface area (Å²) in [6, 6.07) is 29.9. The van der Waals surface area contributed by atoms with Gasteiger partial charge in [0, 0.05) is 11.1 Å². The molecule has 33 heavy (non-hydrogen) atoms. The van der Waals surface area contributed by atoms with Gasteiger partial charge in [-0.05, 0) is 5.56 Å². The molecule has 0 aromatic heterocycles. The second-order valence-electron chi connectivity index (χ2n) is 8.46. The SMILES string of the molecule is c1ccc(CO[C@H]2O[C@H]3CO[C@@H](c4ccccc4)O[C@@H]3[C@@H]3O[C@@H](c4ccccc4)O[C@H]23)cc1. The van der Waals surface area contributed by atoms with Gasteiger partial charge in [0.15, 0.2) is 18.9 Å². The average molecular weight is 446 g/mol. The lowest BCUT2D eigenvalue weighted by atomic mass is 9.98. The van der Waals surface area contributed by atoms with Crippen molar-refractivity contribution in [1.29, 1.82) is 0 Å². The minimum atomic E-state index is -0.592. The molecule has 3 aromatic rings. The Morgan fingerprint density at radius 2 is 1.18 bits per heavy atom. The maximum Gasteiger partial charge on any atom is 0.187 e. The van der Waals surface area contributed by atoms with Gasteiger partial charge in [-0.1, -0.05) is 91.0 Å². The van der Waals surface area contributed by atoms with Gasteiger partial charge in [0.1, 0.15) is 24.4 Å². The molecule has 0 aliphatic carbocycles. The third-order valence-corrected chi connectivity index (χ3v) is 6.25. The van der Waals surface area contributed by atoms with Crippen molar-refractivity contribution in [2.45, 2.75) is 49.9 Å². The number of hydrogen-bond donors (Lipinski definition) is 0. The first-order valence-corrected chi connectivity index (χ1v) is 11.3. The quantitative estimate of drug-likeness (QED) is 0.574. The number of hydrogen-bond acceptors (Lipinski definition) is 6. The van der Waals surface area contributed by atoms with Crippen LogP contribution in [0.4, 0.5) is 0 Å². The molecule has 0 spiro atoms. The Bertz CT molecular complexity index is 1030. The van der Waals surface area contributed by atoms with Crippen LogP contribution in [0.5, 0.6) is 0 Å². The van der Waals surface area contributed by atoms with Crippen LogP contribution in [-0.2, 0) is 35.0 Å². The van der Waals surface area contributed by atoms with Crippen LogP contribution in [0.2, 0.25) is 0 Å². The molecule has 7 atom stereocenters. The van der Waals surface area contributed by atoms with Crippen molar-refractivity contribution in [3.8, 4) is 0 Å². The van der Waals surface area contributed by atoms with Crippen molar-refractivity contribution in [1.82, 2.24) is 0 Å². The summed E-state index contributed by atoms with van der Waals surface area (Å²) >= 11 is 0. The van der Waals surface area contributed by atoms with Crippen molar-refractivity contribution in [2.75, 3.05) is 6.61 Å². The van der Waals surface area contributed by atoms with E-state index in [-0.39, 0.29) is 18.3 Å². The zero-order chi connectivity index (χ0) is 22.0. The molecule has 6 nitrogen and oxygen atoms in total. The lowest BCUT2D eigenvalue weighted by Crippen LogP contribution is -2.61. The summed E-state index contributed by atoms with van der Waals surface area (Å²) in [6.45, 7) is 0.803. The Morgan fingerprint density at radius 1 is 0.606 bits per heavy atom. The minimum Gasteiger partial charge on any atom is -0.346 e. The Hall–Kier alpha value is -2.58. The molecule has 3 aromatic carbocycles. The van der Waals surface area contributed by atoms with Crippen molar-refractivity contribution < 1.29 is 28.4 Å². The molecule has 170 valence electrons. The molecule has 0 radical (unpaired) electrons. The minimum absolute atomic E-state index is 0.315. The molecule has 3 saturated heterocycles. The van der Waals surface area contributed by atoms with Gasteiger partial charge >= 0.3 is 0 Å². The zero-order valence-corrected chi connectivity index (χ0v) is 18.1. The van der Waals surface area contributed by atoms with E-state index in [1.807, 2.05) is 91.0 Å². The molecule has 6 rings (SSSR count). The summed E-state index contributed by atoms with van der Waals surface area (Å²) in [5.74, 6) is 0. The van der Waals surface area contributed by atoms with E-state index in [2.05, 4.69) is 0 Å². The van der Waals surface area contributed by atoms with Gasteiger partial charge in [0.05, 0.1) is 13.2 Å². The second kappa shape index (κ2) is 9.35. The van der Waals surface area contributed by atoms with Gasteiger partial charge in [-0.15, -0.1) is 0 Å². The van der Waals surface area contributed by atoms with Gasteiger partial charge in [-0.2, -0.15) is 0 Å². The number of rotatable bonds is 5. The lowest BCUT2D eigenvalue weighted by Gasteiger charge is -2.45. The fourth-order valence-electron chi connectivity index (χ4n) is 4.60. The highest BCUT2D eigenvalue weighted by atomic mass is 16.8. The van der Waals surface area contributed by atoms with Gasteiger partial charge in [0.25, 0.3) is 0 Å². The van der Waals surface area contributed by atoms with Crippen molar-refractivity contribution in [2.24, 2.45) is 0 Å². The van der Waals surface area contributed by atoms with Gasteiger partial charge in [-0.25, -0.2) is 0 Å². The molecule has 0 amide bonds. The highest BCUT2D eigenvalue weighted by molar-refractivity contribution is 5.19. The van der Waals surface area contributed by atoms with Crippen molar-refractivity contribution in [3.05, 3.63) is 108 Å². The fraction of sp³-hybridized carbons (Fsp3) is 0.333. The van der Waals surface area contributed by atoms with Crippen LogP contribution in [0.25, 0.3) is 0 Å². The van der Waals surface area contributed by atoms with Crippen LogP contribution < -0.4 is 0 Å². The van der Waals surface area contributed by atoms with Crippen LogP contribution in [0.15, 0.2) is 91.0 Å². The van der Waals surface area contributed by atoms with E-state index in [1.54, 1.807) is 0 Å². The number of fused-ring (bicyclic) bond motifs is 3. The maximum atomic E-state index is 6.42. The van der Waals surface area contributed by atoms with Crippen molar-refractivity contribution >= 4 is 0 Å². The molecule has 0 unspecified atom stereocenters. The van der Waals surface area contributed by atoms with Crippen LogP contribution in [0.1, 0.15) is 29.3 Å². The molecular formula is C27H26O6. The van der Waals surface area contributed by atoms with E-state index in [1.165, 1.54) is 0 Å². The molecular weight excluding hydrogens is 420 g/mol. The van der Waals surface area contributed by atoms with Crippen LogP contribution in [0, 0.1) is 0 Å². The van der Waals surface area contributed by atoms with Crippen LogP contribution in [-0.4, -0.2) is 37.3 Å². The summed E-state index contributed by atoms with van der Waals surface area (Å²) in [5.41, 5.74) is 2.99. The zero-order valence-electron chi connectivity index (χ0n) is 18.1. The molecule has 3 fully saturated rings. The molecule has 6 heteroatoms. The third kappa shape index (κ3) is 4.34. The predicted molar refractivity (Wildman–Crippen MR) is 119 cm³/mol. The van der Waals surface area contributed by atoms with E-state index in [0.29, 0.717) is 13.2 Å². The van der Waals surface area contributed by atoms with Crippen molar-refractivity contribution in [3.63, 3.8) is 0 Å². The number of ether oxygens (including phenoxy) is 6. The molecule has 0 N–H and O–H groups in total. The fourth-order valence-corrected chi connectivity index (χ4v) is 4.60. The smallest absolute Gasteiger partial charge is 0.187 e. The monoisotopic (exact) mass is 446 g/mol. The maximum absolute atomic E-state index is 6.42. The van der Waals surface area contributed by atoms with Gasteiger partial charge < -0.3 is 28.4 Å². The normalized spacial score (nSPS) is 33.3. The molecule has 3 aliphatic heterocycles. The summed E-state index contributed by atoms with van der Waals surface area (Å²) in [5, 5.41) is 0. The van der Waals surface area contributed by atoms with Gasteiger partial charge in [0.2, 0.25) is 0 Å². The molecule has 0 bridgehead atoms. The molecule has 3 aliphatic rings. The first-order chi connectivity index (χ1) is 16.3. The molecule has 3 heterocycles. The van der Waals surface area contributed by atoms with Gasteiger partial charge in [-0.3, -0.25) is 0 Å². The Labute approximate surface area is 192 Å². The second-order valence-corrected chi connectivity index (χ2v) is 8.46. The average Bonchev–Trinajstić information content (AvgIpc) is 3.35. The highest BCUT2D eigenvalue weighted by Gasteiger charge is 2.56. The van der Waals surface area contributed by atoms with E-state index in [9.17, 15) is 0 Å². The standard InChI is InChI=1S/C27H26O6/c1-4-10-18(11-5-1)16-28-27-24-23(32-26(33-24)20-14-8-3-9-15-20)22-21(30-27)17-29-25(31-22)19-12-6-2-7-13-19/h1-15,21-27H,16-17H2/t21-,22-,23-,24-,25+,26+,27-/m0/s1. The summed E-state index contributed by atoms with van der Waals surface area (Å²) in [4.78, 5) is 0. The largest absolute Gasteiger partial charge is 0.346 e. The van der Waals surface area contributed by atoms with E-state index < -0.39 is 25.0 Å². The van der Waals surface area contributed by atoms with E-state index in [0.717, 1.165) is 16.7 Å². The number of benzene rings is 3. The predicted octanol–water partition coefficient (Wildman–Crippen LogP) is 4.53. The van der Waals surface area contributed by atoms with E-state index >= 15 is 0 Å². The summed E-state index contributed by atoms with van der Waals surface area (Å²) in [7, 11) is 0. The topological polar surface area (TPSA) is 55.4 Å². The first-order valence-electron chi connectivity index (χ1n) is 11.3. The Kier molecular flexibility index (Phi) is 5.94. The Morgan fingerprint density at radius 3 is 1.88 bits per heavy atom. The Balaban J connectivity index is 1.24. The summed E-state index contributed by atoms with van der Waals surface area (Å²) < 4.78 is 37.7. The van der Waals surface area contributed by atoms with Crippen LogP contribution >= 0.6 is 0 Å². The van der Waals surface area contributed by atoms with E-state index in [4.69, 9.17) is 28.4 Å². The van der Waals surface area contributed by atoms with Crippen LogP contribution in [0.3, 0.4) is 0 Å². The molecule has 0 saturated carbocycles.